The van der Waals surface area contributed by atoms with Crippen LogP contribution in [0.15, 0.2) is 53.4 Å². The highest BCUT2D eigenvalue weighted by Crippen LogP contribution is 2.38. The molecule has 0 bridgehead atoms. The van der Waals surface area contributed by atoms with E-state index >= 15 is 0 Å². The molecule has 2 fully saturated rings. The number of carbonyl (C=O) groups excluding carboxylic acids is 1. The summed E-state index contributed by atoms with van der Waals surface area (Å²) in [5, 5.41) is 0. The Morgan fingerprint density at radius 2 is 1.55 bits per heavy atom. The second kappa shape index (κ2) is 10.6. The van der Waals surface area contributed by atoms with Crippen LogP contribution in [0.5, 0.6) is 0 Å². The third-order valence-electron chi connectivity index (χ3n) is 7.37. The van der Waals surface area contributed by atoms with Gasteiger partial charge in [0.2, 0.25) is 15.9 Å². The minimum atomic E-state index is -4.63. The molecule has 0 aromatic heterocycles. The number of piperidine rings is 1. The van der Waals surface area contributed by atoms with Crippen LogP contribution in [0.25, 0.3) is 0 Å². The zero-order valence-electron chi connectivity index (χ0n) is 22.0. The molecule has 208 valence electrons. The van der Waals surface area contributed by atoms with Crippen molar-refractivity contribution in [2.24, 2.45) is 5.73 Å². The molecule has 1 aliphatic carbocycles. The average Bonchev–Trinajstić information content (AvgIpc) is 3.68. The highest BCUT2D eigenvalue weighted by Gasteiger charge is 2.44. The van der Waals surface area contributed by atoms with Crippen LogP contribution in [-0.2, 0) is 32.8 Å². The Labute approximate surface area is 223 Å². The molecule has 1 atom stereocenters. The second-order valence-electron chi connectivity index (χ2n) is 11.4. The summed E-state index contributed by atoms with van der Waals surface area (Å²) in [5.41, 5.74) is 7.47. The maximum Gasteiger partial charge on any atom is 0.416 e. The van der Waals surface area contributed by atoms with Crippen molar-refractivity contribution >= 4 is 15.9 Å². The number of nitrogens with two attached hydrogens (primary N) is 1. The topological polar surface area (TPSA) is 83.7 Å². The molecular formula is C28H36F3N3O3S. The summed E-state index contributed by atoms with van der Waals surface area (Å²) in [4.78, 5) is 14.4. The number of benzene rings is 2. The van der Waals surface area contributed by atoms with E-state index < -0.39 is 27.8 Å². The largest absolute Gasteiger partial charge is 0.416 e. The predicted molar refractivity (Wildman–Crippen MR) is 140 cm³/mol. The SMILES string of the molecule is CC(C)(C)c1ccc(CC(N)C(=O)N2CCC(N(C3CC3)S(=O)(=O)c3cccc(C(F)(F)F)c3)CC2)cc1. The molecule has 1 heterocycles. The van der Waals surface area contributed by atoms with Gasteiger partial charge in [0, 0.05) is 25.2 Å². The number of nitrogens with zero attached hydrogens (tertiary/aromatic N) is 2. The van der Waals surface area contributed by atoms with E-state index in [-0.39, 0.29) is 28.3 Å². The first kappa shape index (κ1) is 28.6. The van der Waals surface area contributed by atoms with Crippen LogP contribution in [0.4, 0.5) is 13.2 Å². The molecule has 4 rings (SSSR count). The summed E-state index contributed by atoms with van der Waals surface area (Å²) in [7, 11) is -4.12. The van der Waals surface area contributed by atoms with Gasteiger partial charge in [0.25, 0.3) is 0 Å². The Hall–Kier alpha value is -2.43. The summed E-state index contributed by atoms with van der Waals surface area (Å²) in [6, 6.07) is 10.7. The van der Waals surface area contributed by atoms with E-state index in [2.05, 4.69) is 32.9 Å². The van der Waals surface area contributed by atoms with Gasteiger partial charge in [-0.15, -0.1) is 0 Å². The first-order valence-electron chi connectivity index (χ1n) is 13.0. The van der Waals surface area contributed by atoms with E-state index in [4.69, 9.17) is 5.73 Å². The van der Waals surface area contributed by atoms with Gasteiger partial charge in [-0.1, -0.05) is 51.1 Å². The lowest BCUT2D eigenvalue weighted by Crippen LogP contribution is -2.53. The maximum absolute atomic E-state index is 13.5. The third kappa shape index (κ3) is 6.40. The van der Waals surface area contributed by atoms with Crippen LogP contribution >= 0.6 is 0 Å². The van der Waals surface area contributed by atoms with Crippen LogP contribution < -0.4 is 5.73 Å². The molecule has 1 saturated heterocycles. The standard InChI is InChI=1S/C28H36F3N3O3S/c1-27(2,3)20-9-7-19(8-10-20)17-25(32)26(35)33-15-13-23(14-16-33)34(22-11-12-22)38(36,37)24-6-4-5-21(18-24)28(29,30)31/h4-10,18,22-23,25H,11-17,32H2,1-3H3. The zero-order valence-corrected chi connectivity index (χ0v) is 22.9. The van der Waals surface area contributed by atoms with Crippen molar-refractivity contribution in [1.82, 2.24) is 9.21 Å². The van der Waals surface area contributed by atoms with Crippen molar-refractivity contribution in [3.05, 3.63) is 65.2 Å². The smallest absolute Gasteiger partial charge is 0.341 e. The fraction of sp³-hybridized carbons (Fsp3) is 0.536. The Kier molecular flexibility index (Phi) is 7.99. The molecule has 2 aromatic carbocycles. The van der Waals surface area contributed by atoms with Gasteiger partial charge in [0.1, 0.15) is 0 Å². The molecule has 0 spiro atoms. The van der Waals surface area contributed by atoms with Gasteiger partial charge >= 0.3 is 6.18 Å². The molecule has 1 amide bonds. The van der Waals surface area contributed by atoms with Crippen molar-refractivity contribution in [1.29, 1.82) is 0 Å². The number of rotatable bonds is 7. The lowest BCUT2D eigenvalue weighted by molar-refractivity contribution is -0.137. The molecule has 2 aromatic rings. The Morgan fingerprint density at radius 3 is 2.08 bits per heavy atom. The van der Waals surface area contributed by atoms with Crippen molar-refractivity contribution in [2.75, 3.05) is 13.1 Å². The number of carbonyl (C=O) groups is 1. The van der Waals surface area contributed by atoms with Crippen LogP contribution in [0.1, 0.15) is 63.1 Å². The Morgan fingerprint density at radius 1 is 0.974 bits per heavy atom. The van der Waals surface area contributed by atoms with E-state index in [0.717, 1.165) is 17.7 Å². The number of alkyl halides is 3. The van der Waals surface area contributed by atoms with Gasteiger partial charge < -0.3 is 10.6 Å². The minimum Gasteiger partial charge on any atom is -0.341 e. The number of likely N-dealkylation sites (tertiary alicyclic amines) is 1. The normalized spacial score (nSPS) is 18.6. The van der Waals surface area contributed by atoms with Crippen molar-refractivity contribution < 1.29 is 26.4 Å². The van der Waals surface area contributed by atoms with E-state index in [1.807, 2.05) is 12.1 Å². The van der Waals surface area contributed by atoms with Gasteiger partial charge in [0.15, 0.2) is 0 Å². The fourth-order valence-corrected chi connectivity index (χ4v) is 7.01. The number of sulfonamides is 1. The number of hydrogen-bond donors (Lipinski definition) is 1. The zero-order chi connectivity index (χ0) is 27.9. The molecular weight excluding hydrogens is 515 g/mol. The maximum atomic E-state index is 13.5. The lowest BCUT2D eigenvalue weighted by atomic mass is 9.86. The van der Waals surface area contributed by atoms with Crippen molar-refractivity contribution in [2.45, 2.75) is 87.5 Å². The predicted octanol–water partition coefficient (Wildman–Crippen LogP) is 4.72. The van der Waals surface area contributed by atoms with E-state index in [1.165, 1.54) is 15.9 Å². The van der Waals surface area contributed by atoms with Gasteiger partial charge in [-0.3, -0.25) is 4.79 Å². The summed E-state index contributed by atoms with van der Waals surface area (Å²) in [6.07, 6.45) is -2.05. The summed E-state index contributed by atoms with van der Waals surface area (Å²) < 4.78 is 68.0. The highest BCUT2D eigenvalue weighted by molar-refractivity contribution is 7.89. The molecule has 1 saturated carbocycles. The van der Waals surface area contributed by atoms with Gasteiger partial charge in [-0.05, 0) is 66.8 Å². The summed E-state index contributed by atoms with van der Waals surface area (Å²) >= 11 is 0. The van der Waals surface area contributed by atoms with E-state index in [9.17, 15) is 26.4 Å². The molecule has 38 heavy (non-hydrogen) atoms. The fourth-order valence-electron chi connectivity index (χ4n) is 5.03. The lowest BCUT2D eigenvalue weighted by Gasteiger charge is -2.38. The van der Waals surface area contributed by atoms with Crippen molar-refractivity contribution in [3.63, 3.8) is 0 Å². The van der Waals surface area contributed by atoms with E-state index in [1.54, 1.807) is 4.90 Å². The Bertz CT molecular complexity index is 1240. The molecule has 1 aliphatic heterocycles. The van der Waals surface area contributed by atoms with Gasteiger partial charge in [-0.25, -0.2) is 8.42 Å². The molecule has 1 unspecified atom stereocenters. The monoisotopic (exact) mass is 551 g/mol. The van der Waals surface area contributed by atoms with Crippen LogP contribution in [0, 0.1) is 0 Å². The number of halogens is 3. The number of amides is 1. The van der Waals surface area contributed by atoms with Gasteiger partial charge in [0.05, 0.1) is 16.5 Å². The minimum absolute atomic E-state index is 0.0315. The average molecular weight is 552 g/mol. The molecule has 2 N–H and O–H groups in total. The van der Waals surface area contributed by atoms with E-state index in [0.29, 0.717) is 51.3 Å². The van der Waals surface area contributed by atoms with Crippen LogP contribution in [0.2, 0.25) is 0 Å². The third-order valence-corrected chi connectivity index (χ3v) is 9.37. The molecule has 10 heteroatoms. The highest BCUT2D eigenvalue weighted by atomic mass is 32.2. The number of hydrogen-bond acceptors (Lipinski definition) is 4. The van der Waals surface area contributed by atoms with Gasteiger partial charge in [-0.2, -0.15) is 17.5 Å². The van der Waals surface area contributed by atoms with Crippen molar-refractivity contribution in [3.8, 4) is 0 Å². The summed E-state index contributed by atoms with van der Waals surface area (Å²) in [5.74, 6) is -0.179. The second-order valence-corrected chi connectivity index (χ2v) is 13.2. The molecule has 2 aliphatic rings. The van der Waals surface area contributed by atoms with Crippen LogP contribution in [-0.4, -0.2) is 54.7 Å². The molecule has 6 nitrogen and oxygen atoms in total. The van der Waals surface area contributed by atoms with Crippen LogP contribution in [0.3, 0.4) is 0 Å². The first-order chi connectivity index (χ1) is 17.7. The first-order valence-corrected chi connectivity index (χ1v) is 14.5. The Balaban J connectivity index is 1.40. The summed E-state index contributed by atoms with van der Waals surface area (Å²) in [6.45, 7) is 7.10. The quantitative estimate of drug-likeness (QED) is 0.540. The molecule has 0 radical (unpaired) electrons.